The van der Waals surface area contributed by atoms with Crippen molar-refractivity contribution in [3.63, 3.8) is 0 Å². The third-order valence-corrected chi connectivity index (χ3v) is 3.53. The van der Waals surface area contributed by atoms with Crippen molar-refractivity contribution in [2.45, 2.75) is 12.8 Å². The molecule has 1 aromatic rings. The van der Waals surface area contributed by atoms with E-state index in [1.165, 1.54) is 0 Å². The largest absolute Gasteiger partial charge is 0.388 e. The zero-order chi connectivity index (χ0) is 12.4. The van der Waals surface area contributed by atoms with E-state index in [0.29, 0.717) is 15.6 Å². The Labute approximate surface area is 111 Å². The molecule has 5 heteroatoms. The van der Waals surface area contributed by atoms with E-state index < -0.39 is 0 Å². The molecule has 1 heterocycles. The van der Waals surface area contributed by atoms with Gasteiger partial charge in [-0.05, 0) is 25.0 Å². The lowest BCUT2D eigenvalue weighted by atomic mass is 10.1. The van der Waals surface area contributed by atoms with Gasteiger partial charge in [0.1, 0.15) is 0 Å². The maximum atomic E-state index is 12.2. The molecule has 1 aliphatic rings. The SMILES string of the molecule is CNc1cc(Cl)c(C(=O)N2CCCC2)c(Cl)c1. The summed E-state index contributed by atoms with van der Waals surface area (Å²) in [6.07, 6.45) is 2.10. The number of amides is 1. The Morgan fingerprint density at radius 3 is 2.24 bits per heavy atom. The quantitative estimate of drug-likeness (QED) is 0.896. The van der Waals surface area contributed by atoms with Crippen LogP contribution < -0.4 is 5.32 Å². The first kappa shape index (κ1) is 12.5. The zero-order valence-electron chi connectivity index (χ0n) is 9.59. The van der Waals surface area contributed by atoms with E-state index in [4.69, 9.17) is 23.2 Å². The van der Waals surface area contributed by atoms with Gasteiger partial charge in [0.2, 0.25) is 0 Å². The molecule has 1 aromatic carbocycles. The second-order valence-corrected chi connectivity index (χ2v) is 4.88. The van der Waals surface area contributed by atoms with Crippen molar-refractivity contribution in [1.82, 2.24) is 4.90 Å². The minimum absolute atomic E-state index is 0.0693. The van der Waals surface area contributed by atoms with Crippen molar-refractivity contribution < 1.29 is 4.79 Å². The number of nitrogens with one attached hydrogen (secondary N) is 1. The molecule has 0 saturated carbocycles. The van der Waals surface area contributed by atoms with E-state index in [9.17, 15) is 4.79 Å². The zero-order valence-corrected chi connectivity index (χ0v) is 11.1. The number of carbonyl (C=O) groups excluding carboxylic acids is 1. The van der Waals surface area contributed by atoms with Gasteiger partial charge >= 0.3 is 0 Å². The van der Waals surface area contributed by atoms with Crippen LogP contribution in [0.3, 0.4) is 0 Å². The first-order valence-electron chi connectivity index (χ1n) is 5.59. The summed E-state index contributed by atoms with van der Waals surface area (Å²) >= 11 is 12.2. The molecule has 1 fully saturated rings. The summed E-state index contributed by atoms with van der Waals surface area (Å²) in [6.45, 7) is 1.58. The van der Waals surface area contributed by atoms with E-state index in [-0.39, 0.29) is 5.91 Å². The number of anilines is 1. The lowest BCUT2D eigenvalue weighted by Gasteiger charge is -2.17. The van der Waals surface area contributed by atoms with Gasteiger partial charge in [-0.1, -0.05) is 23.2 Å². The highest BCUT2D eigenvalue weighted by Gasteiger charge is 2.24. The van der Waals surface area contributed by atoms with Gasteiger partial charge in [0.25, 0.3) is 5.91 Å². The topological polar surface area (TPSA) is 32.3 Å². The van der Waals surface area contributed by atoms with Crippen LogP contribution in [0.15, 0.2) is 12.1 Å². The third kappa shape index (κ3) is 2.50. The van der Waals surface area contributed by atoms with Crippen LogP contribution in [0.2, 0.25) is 10.0 Å². The molecule has 1 amide bonds. The summed E-state index contributed by atoms with van der Waals surface area (Å²) in [5, 5.41) is 3.75. The molecule has 17 heavy (non-hydrogen) atoms. The maximum Gasteiger partial charge on any atom is 0.256 e. The van der Waals surface area contributed by atoms with Crippen LogP contribution >= 0.6 is 23.2 Å². The van der Waals surface area contributed by atoms with E-state index in [2.05, 4.69) is 5.32 Å². The Kier molecular flexibility index (Phi) is 3.79. The summed E-state index contributed by atoms with van der Waals surface area (Å²) in [7, 11) is 1.78. The molecule has 92 valence electrons. The predicted octanol–water partition coefficient (Wildman–Crippen LogP) is 3.27. The smallest absolute Gasteiger partial charge is 0.256 e. The molecule has 2 rings (SSSR count). The summed E-state index contributed by atoms with van der Waals surface area (Å²) in [5.74, 6) is -0.0693. The molecule has 0 spiro atoms. The van der Waals surface area contributed by atoms with Gasteiger partial charge in [-0.2, -0.15) is 0 Å². The van der Waals surface area contributed by atoms with Gasteiger partial charge in [0, 0.05) is 25.8 Å². The highest BCUT2D eigenvalue weighted by atomic mass is 35.5. The summed E-state index contributed by atoms with van der Waals surface area (Å²) in [4.78, 5) is 14.0. The van der Waals surface area contributed by atoms with Gasteiger partial charge in [0.05, 0.1) is 15.6 Å². The third-order valence-electron chi connectivity index (χ3n) is 2.94. The molecule has 0 unspecified atom stereocenters. The maximum absolute atomic E-state index is 12.2. The van der Waals surface area contributed by atoms with Crippen LogP contribution in [-0.4, -0.2) is 30.9 Å². The van der Waals surface area contributed by atoms with Gasteiger partial charge in [-0.3, -0.25) is 4.79 Å². The van der Waals surface area contributed by atoms with Crippen LogP contribution in [0.4, 0.5) is 5.69 Å². The van der Waals surface area contributed by atoms with E-state index >= 15 is 0 Å². The van der Waals surface area contributed by atoms with Gasteiger partial charge in [0.15, 0.2) is 0 Å². The molecule has 1 N–H and O–H groups in total. The molecule has 0 aromatic heterocycles. The first-order valence-corrected chi connectivity index (χ1v) is 6.35. The Morgan fingerprint density at radius 2 is 1.76 bits per heavy atom. The first-order chi connectivity index (χ1) is 8.13. The minimum atomic E-state index is -0.0693. The Balaban J connectivity index is 2.34. The number of halogens is 2. The minimum Gasteiger partial charge on any atom is -0.388 e. The summed E-state index contributed by atoms with van der Waals surface area (Å²) in [6, 6.07) is 3.44. The van der Waals surface area contributed by atoms with Gasteiger partial charge < -0.3 is 10.2 Å². The van der Waals surface area contributed by atoms with Crippen LogP contribution in [0.25, 0.3) is 0 Å². The number of hydrogen-bond acceptors (Lipinski definition) is 2. The lowest BCUT2D eigenvalue weighted by molar-refractivity contribution is 0.0793. The van der Waals surface area contributed by atoms with Crippen molar-refractivity contribution in [1.29, 1.82) is 0 Å². The Bertz CT molecular complexity index is 419. The molecule has 1 aliphatic heterocycles. The van der Waals surface area contributed by atoms with E-state index in [1.807, 2.05) is 0 Å². The van der Waals surface area contributed by atoms with Crippen molar-refractivity contribution in [3.8, 4) is 0 Å². The highest BCUT2D eigenvalue weighted by molar-refractivity contribution is 6.40. The molecular weight excluding hydrogens is 259 g/mol. The number of rotatable bonds is 2. The van der Waals surface area contributed by atoms with E-state index in [1.54, 1.807) is 24.1 Å². The van der Waals surface area contributed by atoms with Crippen LogP contribution in [0.1, 0.15) is 23.2 Å². The molecule has 3 nitrogen and oxygen atoms in total. The molecule has 0 aliphatic carbocycles. The standard InChI is InChI=1S/C12H14Cl2N2O/c1-15-8-6-9(13)11(10(14)7-8)12(17)16-4-2-3-5-16/h6-7,15H,2-5H2,1H3. The number of carbonyl (C=O) groups is 1. The normalized spacial score (nSPS) is 15.1. The molecule has 0 atom stereocenters. The Morgan fingerprint density at radius 1 is 1.24 bits per heavy atom. The summed E-state index contributed by atoms with van der Waals surface area (Å²) < 4.78 is 0. The van der Waals surface area contributed by atoms with Crippen LogP contribution in [0.5, 0.6) is 0 Å². The fourth-order valence-corrected chi connectivity index (χ4v) is 2.65. The molecule has 0 bridgehead atoms. The fraction of sp³-hybridized carbons (Fsp3) is 0.417. The number of nitrogens with zero attached hydrogens (tertiary/aromatic N) is 1. The average molecular weight is 273 g/mol. The van der Waals surface area contributed by atoms with Crippen molar-refractivity contribution in [2.75, 3.05) is 25.5 Å². The molecule has 1 saturated heterocycles. The van der Waals surface area contributed by atoms with E-state index in [0.717, 1.165) is 31.6 Å². The summed E-state index contributed by atoms with van der Waals surface area (Å²) in [5.41, 5.74) is 1.22. The second kappa shape index (κ2) is 5.15. The fourth-order valence-electron chi connectivity index (χ4n) is 2.00. The van der Waals surface area contributed by atoms with Gasteiger partial charge in [-0.15, -0.1) is 0 Å². The van der Waals surface area contributed by atoms with Crippen LogP contribution in [-0.2, 0) is 0 Å². The molecular formula is C12H14Cl2N2O. The number of benzene rings is 1. The Hall–Kier alpha value is -0.930. The van der Waals surface area contributed by atoms with Crippen molar-refractivity contribution in [3.05, 3.63) is 27.7 Å². The number of likely N-dealkylation sites (tertiary alicyclic amines) is 1. The predicted molar refractivity (Wildman–Crippen MR) is 71.1 cm³/mol. The average Bonchev–Trinajstić information content (AvgIpc) is 2.81. The van der Waals surface area contributed by atoms with Crippen molar-refractivity contribution >= 4 is 34.8 Å². The second-order valence-electron chi connectivity index (χ2n) is 4.06. The number of hydrogen-bond donors (Lipinski definition) is 1. The monoisotopic (exact) mass is 272 g/mol. The van der Waals surface area contributed by atoms with Gasteiger partial charge in [-0.25, -0.2) is 0 Å². The van der Waals surface area contributed by atoms with Crippen LogP contribution in [0, 0.1) is 0 Å². The highest BCUT2D eigenvalue weighted by Crippen LogP contribution is 2.30. The lowest BCUT2D eigenvalue weighted by Crippen LogP contribution is -2.28. The van der Waals surface area contributed by atoms with Crippen molar-refractivity contribution in [2.24, 2.45) is 0 Å². The molecule has 0 radical (unpaired) electrons.